The van der Waals surface area contributed by atoms with Gasteiger partial charge in [-0.2, -0.15) is 4.57 Å². The van der Waals surface area contributed by atoms with E-state index >= 15 is 0 Å². The number of para-hydroxylation sites is 1. The maximum absolute atomic E-state index is 14.5. The van der Waals surface area contributed by atoms with E-state index in [1.54, 1.807) is 23.5 Å². The number of ether oxygens (including phenoxy) is 1. The number of halogens is 1. The van der Waals surface area contributed by atoms with Crippen LogP contribution in [0.1, 0.15) is 89.5 Å². The maximum atomic E-state index is 14.5. The van der Waals surface area contributed by atoms with Crippen LogP contribution in [0, 0.1) is 5.82 Å². The number of benzene rings is 2. The number of nitrogens with one attached hydrogen (secondary N) is 2. The van der Waals surface area contributed by atoms with Crippen LogP contribution in [-0.4, -0.2) is 12.6 Å². The van der Waals surface area contributed by atoms with Crippen molar-refractivity contribution in [2.45, 2.75) is 90.5 Å². The van der Waals surface area contributed by atoms with E-state index in [2.05, 4.69) is 22.1 Å². The number of amides is 2. The van der Waals surface area contributed by atoms with Crippen molar-refractivity contribution in [3.05, 3.63) is 70.9 Å². The molecule has 206 valence electrons. The predicted octanol–water partition coefficient (Wildman–Crippen LogP) is 8.95. The molecule has 0 radical (unpaired) electrons. The van der Waals surface area contributed by atoms with E-state index in [1.165, 1.54) is 70.3 Å². The first-order valence-corrected chi connectivity index (χ1v) is 15.1. The van der Waals surface area contributed by atoms with Crippen LogP contribution in [0.4, 0.5) is 20.6 Å². The summed E-state index contributed by atoms with van der Waals surface area (Å²) in [5.41, 5.74) is 4.11. The van der Waals surface area contributed by atoms with E-state index in [4.69, 9.17) is 4.74 Å². The molecule has 3 aromatic rings. The summed E-state index contributed by atoms with van der Waals surface area (Å²) in [6, 6.07) is 11.8. The number of carbonyl (C=O) groups excluding carboxylic acids is 1. The second kappa shape index (κ2) is 17.6. The summed E-state index contributed by atoms with van der Waals surface area (Å²) < 4.78 is 22.4. The Hall–Kier alpha value is -2.93. The van der Waals surface area contributed by atoms with Crippen molar-refractivity contribution in [2.75, 3.05) is 17.2 Å². The van der Waals surface area contributed by atoms with Crippen molar-refractivity contribution in [3.63, 3.8) is 0 Å². The zero-order valence-electron chi connectivity index (χ0n) is 22.7. The predicted molar refractivity (Wildman–Crippen MR) is 156 cm³/mol. The number of hydrogen-bond donors (Lipinski definition) is 2. The summed E-state index contributed by atoms with van der Waals surface area (Å²) in [6.07, 6.45) is 17.1. The van der Waals surface area contributed by atoms with Gasteiger partial charge < -0.3 is 15.4 Å². The van der Waals surface area contributed by atoms with Gasteiger partial charge >= 0.3 is 6.03 Å². The highest BCUT2D eigenvalue weighted by Gasteiger charge is 2.13. The average molecular weight is 541 g/mol. The van der Waals surface area contributed by atoms with Gasteiger partial charge in [0.25, 0.3) is 0 Å². The topological polar surface area (TPSA) is 54.2 Å². The number of urea groups is 1. The first kappa shape index (κ1) is 29.6. The summed E-state index contributed by atoms with van der Waals surface area (Å²) in [5, 5.41) is 7.60. The van der Waals surface area contributed by atoms with Crippen molar-refractivity contribution in [1.82, 2.24) is 0 Å². The van der Waals surface area contributed by atoms with Crippen molar-refractivity contribution >= 4 is 28.7 Å². The lowest BCUT2D eigenvalue weighted by Crippen LogP contribution is -2.30. The maximum Gasteiger partial charge on any atom is 0.323 e. The smallest absolute Gasteiger partial charge is 0.323 e. The minimum absolute atomic E-state index is 0.0910. The van der Waals surface area contributed by atoms with Crippen LogP contribution in [0.5, 0.6) is 5.75 Å². The van der Waals surface area contributed by atoms with Crippen LogP contribution in [0.15, 0.2) is 59.6 Å². The highest BCUT2D eigenvalue weighted by Crippen LogP contribution is 2.28. The molecular weight excluding hydrogens is 497 g/mol. The number of carbonyl (C=O) groups is 1. The fourth-order valence-electron chi connectivity index (χ4n) is 4.47. The molecule has 0 unspecified atom stereocenters. The van der Waals surface area contributed by atoms with Gasteiger partial charge in [-0.1, -0.05) is 107 Å². The van der Waals surface area contributed by atoms with E-state index in [1.807, 2.05) is 41.4 Å². The van der Waals surface area contributed by atoms with Crippen molar-refractivity contribution < 1.29 is 18.5 Å². The zero-order valence-corrected chi connectivity index (χ0v) is 23.5. The number of aromatic nitrogens is 1. The molecule has 0 spiro atoms. The third-order valence-electron chi connectivity index (χ3n) is 6.54. The van der Waals surface area contributed by atoms with Crippen LogP contribution >= 0.6 is 11.3 Å². The van der Waals surface area contributed by atoms with Gasteiger partial charge in [-0.25, -0.2) is 9.18 Å². The Morgan fingerprint density at radius 2 is 1.58 bits per heavy atom. The Kier molecular flexibility index (Phi) is 13.7. The van der Waals surface area contributed by atoms with E-state index in [9.17, 15) is 9.18 Å². The number of nitrogens with zero attached hydrogens (tertiary/aromatic N) is 1. The van der Waals surface area contributed by atoms with Crippen molar-refractivity contribution in [3.8, 4) is 5.75 Å². The lowest BCUT2D eigenvalue weighted by atomic mass is 10.1. The summed E-state index contributed by atoms with van der Waals surface area (Å²) in [5.74, 6) is -0.384. The number of thiazole rings is 1. The molecule has 0 saturated heterocycles. The molecule has 5 nitrogen and oxygen atoms in total. The van der Waals surface area contributed by atoms with Gasteiger partial charge in [-0.3, -0.25) is 0 Å². The Morgan fingerprint density at radius 3 is 2.26 bits per heavy atom. The molecule has 2 N–H and O–H groups in total. The van der Waals surface area contributed by atoms with Gasteiger partial charge in [-0.05, 0) is 30.7 Å². The van der Waals surface area contributed by atoms with Crippen molar-refractivity contribution in [2.24, 2.45) is 0 Å². The Balaban J connectivity index is 1.36. The van der Waals surface area contributed by atoms with Gasteiger partial charge in [0.1, 0.15) is 0 Å². The summed E-state index contributed by atoms with van der Waals surface area (Å²) >= 11 is 1.63. The molecule has 0 bridgehead atoms. The molecule has 3 rings (SSSR count). The highest BCUT2D eigenvalue weighted by molar-refractivity contribution is 7.07. The second-order valence-corrected chi connectivity index (χ2v) is 10.6. The first-order valence-electron chi connectivity index (χ1n) is 14.1. The quantitative estimate of drug-likeness (QED) is 0.125. The largest absolute Gasteiger partial charge is 0.488 e. The normalized spacial score (nSPS) is 10.9. The van der Waals surface area contributed by atoms with Gasteiger partial charge in [-0.15, -0.1) is 0 Å². The number of anilines is 2. The van der Waals surface area contributed by atoms with Crippen LogP contribution in [-0.2, 0) is 6.54 Å². The minimum atomic E-state index is -0.475. The van der Waals surface area contributed by atoms with E-state index < -0.39 is 11.8 Å². The average Bonchev–Trinajstić information content (AvgIpc) is 3.41. The second-order valence-electron chi connectivity index (χ2n) is 9.83. The lowest BCUT2D eigenvalue weighted by molar-refractivity contribution is -0.683. The molecular formula is C31H43FN3O2S+. The van der Waals surface area contributed by atoms with Crippen LogP contribution < -0.4 is 19.9 Å². The number of rotatable bonds is 18. The summed E-state index contributed by atoms with van der Waals surface area (Å²) in [7, 11) is 0. The molecule has 0 aliphatic rings. The molecule has 0 fully saturated rings. The Bertz CT molecular complexity index is 1070. The molecule has 7 heteroatoms. The fourth-order valence-corrected chi connectivity index (χ4v) is 5.06. The molecule has 2 aromatic carbocycles. The molecule has 0 aliphatic heterocycles. The monoisotopic (exact) mass is 540 g/mol. The molecule has 1 aromatic heterocycles. The zero-order chi connectivity index (χ0) is 26.8. The molecule has 1 heterocycles. The molecule has 0 atom stereocenters. The van der Waals surface area contributed by atoms with Gasteiger partial charge in [0.15, 0.2) is 24.3 Å². The van der Waals surface area contributed by atoms with Gasteiger partial charge in [0.05, 0.1) is 17.7 Å². The third-order valence-corrected chi connectivity index (χ3v) is 7.21. The minimum Gasteiger partial charge on any atom is -0.488 e. The number of hydrogen-bond acceptors (Lipinski definition) is 3. The lowest BCUT2D eigenvalue weighted by Gasteiger charge is -2.14. The third kappa shape index (κ3) is 11.2. The Morgan fingerprint density at radius 1 is 0.895 bits per heavy atom. The summed E-state index contributed by atoms with van der Waals surface area (Å²) in [4.78, 5) is 12.7. The first-order chi connectivity index (χ1) is 18.7. The molecule has 38 heavy (non-hydrogen) atoms. The standard InChI is InChI=1S/C31H42FN3O2S/c1-2-3-4-5-6-7-8-9-10-11-12-13-21-37-30-28(32)18-15-19-29(30)34-31(36)33-27-17-14-16-26(23-27)24-35-20-22-38-25-35/h14-20,22-23,25H,2-13,21,24H2,1H3,(H-,33,34,36)/p+1. The SMILES string of the molecule is CCCCCCCCCCCCCCOc1c(F)cccc1NC(=O)Nc1cccc(C[n+]2ccsc2)c1. The fraction of sp³-hybridized carbons (Fsp3) is 0.484. The molecule has 0 aliphatic carbocycles. The van der Waals surface area contributed by atoms with Gasteiger partial charge in [0, 0.05) is 11.3 Å². The van der Waals surface area contributed by atoms with E-state index in [0.29, 0.717) is 18.0 Å². The van der Waals surface area contributed by atoms with E-state index in [0.717, 1.165) is 24.9 Å². The molecule has 0 saturated carbocycles. The van der Waals surface area contributed by atoms with Crippen LogP contribution in [0.25, 0.3) is 0 Å². The van der Waals surface area contributed by atoms with Crippen molar-refractivity contribution in [1.29, 1.82) is 0 Å². The van der Waals surface area contributed by atoms with Crippen LogP contribution in [0.3, 0.4) is 0 Å². The van der Waals surface area contributed by atoms with Gasteiger partial charge in [0.2, 0.25) is 5.51 Å². The van der Waals surface area contributed by atoms with E-state index in [-0.39, 0.29) is 5.75 Å². The van der Waals surface area contributed by atoms with Crippen LogP contribution in [0.2, 0.25) is 0 Å². The summed E-state index contributed by atoms with van der Waals surface area (Å²) in [6.45, 7) is 3.41. The molecule has 2 amide bonds. The Labute approximate surface area is 231 Å². The number of unbranched alkanes of at least 4 members (excludes halogenated alkanes) is 11. The highest BCUT2D eigenvalue weighted by atomic mass is 32.1.